The Hall–Kier alpha value is -2.50. The molecule has 2 aromatic rings. The molecule has 22 heavy (non-hydrogen) atoms. The number of rotatable bonds is 3. The van der Waals surface area contributed by atoms with Gasteiger partial charge >= 0.3 is 0 Å². The van der Waals surface area contributed by atoms with Crippen molar-refractivity contribution in [1.29, 1.82) is 0 Å². The SMILES string of the molecule is Cc1cc(NC2CCN(C(=O)c3ccncc3)CC2)ncn1. The zero-order valence-corrected chi connectivity index (χ0v) is 12.6. The smallest absolute Gasteiger partial charge is 0.253 e. The van der Waals surface area contributed by atoms with Crippen LogP contribution in [0.3, 0.4) is 0 Å². The Labute approximate surface area is 129 Å². The summed E-state index contributed by atoms with van der Waals surface area (Å²) in [7, 11) is 0. The van der Waals surface area contributed by atoms with Gasteiger partial charge in [-0.25, -0.2) is 9.97 Å². The Balaban J connectivity index is 1.55. The molecule has 1 amide bonds. The van der Waals surface area contributed by atoms with Crippen LogP contribution in [0, 0.1) is 6.92 Å². The van der Waals surface area contributed by atoms with Crippen molar-refractivity contribution in [3.8, 4) is 0 Å². The van der Waals surface area contributed by atoms with E-state index in [4.69, 9.17) is 0 Å². The van der Waals surface area contributed by atoms with E-state index in [1.807, 2.05) is 17.9 Å². The highest BCUT2D eigenvalue weighted by Crippen LogP contribution is 2.17. The van der Waals surface area contributed by atoms with E-state index < -0.39 is 0 Å². The maximum Gasteiger partial charge on any atom is 0.253 e. The Morgan fingerprint density at radius 1 is 1.23 bits per heavy atom. The number of nitrogens with one attached hydrogen (secondary N) is 1. The molecular weight excluding hydrogens is 278 g/mol. The van der Waals surface area contributed by atoms with Crippen LogP contribution < -0.4 is 5.32 Å². The van der Waals surface area contributed by atoms with Gasteiger partial charge in [-0.1, -0.05) is 0 Å². The van der Waals surface area contributed by atoms with Gasteiger partial charge in [0.1, 0.15) is 12.1 Å². The molecule has 3 heterocycles. The van der Waals surface area contributed by atoms with Crippen molar-refractivity contribution in [2.75, 3.05) is 18.4 Å². The first kappa shape index (κ1) is 14.4. The molecule has 0 atom stereocenters. The molecule has 1 N–H and O–H groups in total. The quantitative estimate of drug-likeness (QED) is 0.937. The van der Waals surface area contributed by atoms with Gasteiger partial charge in [0, 0.05) is 48.8 Å². The third-order valence-electron chi connectivity index (χ3n) is 3.87. The number of hydrogen-bond donors (Lipinski definition) is 1. The molecule has 2 aromatic heterocycles. The molecule has 1 fully saturated rings. The number of aromatic nitrogens is 3. The summed E-state index contributed by atoms with van der Waals surface area (Å²) in [4.78, 5) is 26.5. The monoisotopic (exact) mass is 297 g/mol. The van der Waals surface area contributed by atoms with E-state index in [1.165, 1.54) is 0 Å². The number of nitrogens with zero attached hydrogens (tertiary/aromatic N) is 4. The second kappa shape index (κ2) is 6.51. The van der Waals surface area contributed by atoms with Crippen molar-refractivity contribution < 1.29 is 4.79 Å². The van der Waals surface area contributed by atoms with Crippen LogP contribution in [0.2, 0.25) is 0 Å². The van der Waals surface area contributed by atoms with E-state index >= 15 is 0 Å². The lowest BCUT2D eigenvalue weighted by atomic mass is 10.0. The first-order chi connectivity index (χ1) is 10.7. The van der Waals surface area contributed by atoms with E-state index in [0.717, 1.165) is 37.4 Å². The highest BCUT2D eigenvalue weighted by molar-refractivity contribution is 5.94. The fourth-order valence-corrected chi connectivity index (χ4v) is 2.65. The highest BCUT2D eigenvalue weighted by Gasteiger charge is 2.23. The number of aryl methyl sites for hydroxylation is 1. The van der Waals surface area contributed by atoms with Gasteiger partial charge < -0.3 is 10.2 Å². The van der Waals surface area contributed by atoms with Crippen LogP contribution >= 0.6 is 0 Å². The van der Waals surface area contributed by atoms with E-state index in [-0.39, 0.29) is 5.91 Å². The van der Waals surface area contributed by atoms with Gasteiger partial charge in [0.25, 0.3) is 5.91 Å². The Morgan fingerprint density at radius 2 is 1.95 bits per heavy atom. The zero-order chi connectivity index (χ0) is 15.4. The van der Waals surface area contributed by atoms with Crippen LogP contribution in [-0.4, -0.2) is 44.9 Å². The second-order valence-electron chi connectivity index (χ2n) is 5.49. The van der Waals surface area contributed by atoms with Crippen LogP contribution in [0.4, 0.5) is 5.82 Å². The zero-order valence-electron chi connectivity index (χ0n) is 12.6. The molecule has 114 valence electrons. The third kappa shape index (κ3) is 3.39. The summed E-state index contributed by atoms with van der Waals surface area (Å²) in [6.45, 7) is 3.45. The van der Waals surface area contributed by atoms with Crippen molar-refractivity contribution in [1.82, 2.24) is 19.9 Å². The molecule has 6 heteroatoms. The maximum atomic E-state index is 12.4. The summed E-state index contributed by atoms with van der Waals surface area (Å²) in [6, 6.07) is 5.80. The molecule has 6 nitrogen and oxygen atoms in total. The minimum absolute atomic E-state index is 0.0822. The maximum absolute atomic E-state index is 12.4. The number of amides is 1. The minimum Gasteiger partial charge on any atom is -0.367 e. The lowest BCUT2D eigenvalue weighted by Gasteiger charge is -2.32. The minimum atomic E-state index is 0.0822. The number of likely N-dealkylation sites (tertiary alicyclic amines) is 1. The summed E-state index contributed by atoms with van der Waals surface area (Å²) in [5.41, 5.74) is 1.65. The number of hydrogen-bond acceptors (Lipinski definition) is 5. The molecule has 0 spiro atoms. The van der Waals surface area contributed by atoms with Crippen molar-refractivity contribution in [3.63, 3.8) is 0 Å². The van der Waals surface area contributed by atoms with Crippen LogP contribution in [-0.2, 0) is 0 Å². The van der Waals surface area contributed by atoms with Gasteiger partial charge in [-0.2, -0.15) is 0 Å². The average Bonchev–Trinajstić information content (AvgIpc) is 2.56. The number of piperidine rings is 1. The molecule has 0 saturated carbocycles. The van der Waals surface area contributed by atoms with Gasteiger partial charge in [-0.05, 0) is 31.9 Å². The van der Waals surface area contributed by atoms with Gasteiger partial charge in [-0.15, -0.1) is 0 Å². The van der Waals surface area contributed by atoms with Crippen molar-refractivity contribution in [2.45, 2.75) is 25.8 Å². The molecule has 0 unspecified atom stereocenters. The molecular formula is C16H19N5O. The van der Waals surface area contributed by atoms with Crippen LogP contribution in [0.25, 0.3) is 0 Å². The number of carbonyl (C=O) groups is 1. The molecule has 0 bridgehead atoms. The van der Waals surface area contributed by atoms with Crippen LogP contribution in [0.5, 0.6) is 0 Å². The molecule has 3 rings (SSSR count). The average molecular weight is 297 g/mol. The molecule has 1 aliphatic rings. The fourth-order valence-electron chi connectivity index (χ4n) is 2.65. The Kier molecular flexibility index (Phi) is 4.27. The predicted molar refractivity (Wildman–Crippen MR) is 83.6 cm³/mol. The molecule has 0 radical (unpaired) electrons. The summed E-state index contributed by atoms with van der Waals surface area (Å²) in [5.74, 6) is 0.935. The van der Waals surface area contributed by atoms with E-state index in [0.29, 0.717) is 11.6 Å². The van der Waals surface area contributed by atoms with Gasteiger partial charge in [0.2, 0.25) is 0 Å². The summed E-state index contributed by atoms with van der Waals surface area (Å²) in [6.07, 6.45) is 6.71. The summed E-state index contributed by atoms with van der Waals surface area (Å²) in [5, 5.41) is 3.42. The van der Waals surface area contributed by atoms with E-state index in [9.17, 15) is 4.79 Å². The van der Waals surface area contributed by atoms with Gasteiger partial charge in [-0.3, -0.25) is 9.78 Å². The fraction of sp³-hybridized carbons (Fsp3) is 0.375. The Morgan fingerprint density at radius 3 is 2.64 bits per heavy atom. The highest BCUT2D eigenvalue weighted by atomic mass is 16.2. The van der Waals surface area contributed by atoms with Gasteiger partial charge in [0.15, 0.2) is 0 Å². The lowest BCUT2D eigenvalue weighted by Crippen LogP contribution is -2.42. The van der Waals surface area contributed by atoms with Crippen LogP contribution in [0.1, 0.15) is 28.9 Å². The molecule has 1 aliphatic heterocycles. The second-order valence-corrected chi connectivity index (χ2v) is 5.49. The van der Waals surface area contributed by atoms with Crippen LogP contribution in [0.15, 0.2) is 36.9 Å². The van der Waals surface area contributed by atoms with Crippen molar-refractivity contribution in [2.24, 2.45) is 0 Å². The molecule has 0 aromatic carbocycles. The number of anilines is 1. The summed E-state index contributed by atoms with van der Waals surface area (Å²) >= 11 is 0. The predicted octanol–water partition coefficient (Wildman–Crippen LogP) is 1.90. The lowest BCUT2D eigenvalue weighted by molar-refractivity contribution is 0.0718. The standard InChI is InChI=1S/C16H19N5O/c1-12-10-15(19-11-18-12)20-14-4-8-21(9-5-14)16(22)13-2-6-17-7-3-13/h2-3,6-7,10-11,14H,4-5,8-9H2,1H3,(H,18,19,20). The molecule has 0 aliphatic carbocycles. The van der Waals surface area contributed by atoms with Gasteiger partial charge in [0.05, 0.1) is 0 Å². The van der Waals surface area contributed by atoms with E-state index in [1.54, 1.807) is 30.9 Å². The normalized spacial score (nSPS) is 15.6. The number of pyridine rings is 1. The molecule has 1 saturated heterocycles. The van der Waals surface area contributed by atoms with Crippen molar-refractivity contribution >= 4 is 11.7 Å². The third-order valence-corrected chi connectivity index (χ3v) is 3.87. The first-order valence-electron chi connectivity index (χ1n) is 7.47. The number of carbonyl (C=O) groups excluding carboxylic acids is 1. The van der Waals surface area contributed by atoms with E-state index in [2.05, 4.69) is 20.3 Å². The Bertz CT molecular complexity index is 638. The topological polar surface area (TPSA) is 71.0 Å². The van der Waals surface area contributed by atoms with Crippen molar-refractivity contribution in [3.05, 3.63) is 48.2 Å². The largest absolute Gasteiger partial charge is 0.367 e. The first-order valence-corrected chi connectivity index (χ1v) is 7.47. The summed E-state index contributed by atoms with van der Waals surface area (Å²) < 4.78 is 0.